The number of aromatic nitrogens is 5. The lowest BCUT2D eigenvalue weighted by atomic mass is 10.1. The summed E-state index contributed by atoms with van der Waals surface area (Å²) in [6.07, 6.45) is 4.50. The number of ether oxygens (including phenoxy) is 1. The fourth-order valence-corrected chi connectivity index (χ4v) is 3.82. The van der Waals surface area contributed by atoms with Crippen LogP contribution in [0.1, 0.15) is 42.3 Å². The lowest BCUT2D eigenvalue weighted by Gasteiger charge is -2.17. The van der Waals surface area contributed by atoms with Crippen LogP contribution >= 0.6 is 11.6 Å². The molecule has 0 aliphatic carbocycles. The molecule has 0 aliphatic rings. The monoisotopic (exact) mass is 509 g/mol. The highest BCUT2D eigenvalue weighted by atomic mass is 35.5. The zero-order valence-corrected chi connectivity index (χ0v) is 21.3. The van der Waals surface area contributed by atoms with E-state index in [-0.39, 0.29) is 34.3 Å². The summed E-state index contributed by atoms with van der Waals surface area (Å²) < 4.78 is 21.3. The minimum Gasteiger partial charge on any atom is -0.486 e. The van der Waals surface area contributed by atoms with E-state index in [0.717, 1.165) is 0 Å². The Hall–Kier alpha value is -3.69. The Morgan fingerprint density at radius 1 is 1.11 bits per heavy atom. The van der Waals surface area contributed by atoms with Crippen LogP contribution in [0.25, 0.3) is 16.9 Å². The number of pyridine rings is 1. The molecular weight excluding hydrogens is 485 g/mol. The third-order valence-corrected chi connectivity index (χ3v) is 5.82. The normalized spacial score (nSPS) is 11.6. The molecule has 186 valence electrons. The Kier molecular flexibility index (Phi) is 6.88. The van der Waals surface area contributed by atoms with Crippen molar-refractivity contribution in [1.82, 2.24) is 24.5 Å². The van der Waals surface area contributed by atoms with E-state index in [1.54, 1.807) is 59.0 Å². The van der Waals surface area contributed by atoms with E-state index in [2.05, 4.69) is 19.9 Å². The lowest BCUT2D eigenvalue weighted by Crippen LogP contribution is -2.25. The largest absolute Gasteiger partial charge is 0.486 e. The van der Waals surface area contributed by atoms with Gasteiger partial charge in [0.15, 0.2) is 5.82 Å². The van der Waals surface area contributed by atoms with Crippen molar-refractivity contribution in [2.45, 2.75) is 46.8 Å². The van der Waals surface area contributed by atoms with Gasteiger partial charge in [0, 0.05) is 18.6 Å². The van der Waals surface area contributed by atoms with Crippen LogP contribution in [-0.4, -0.2) is 29.6 Å². The molecule has 0 unspecified atom stereocenters. The topological polar surface area (TPSA) is 103 Å². The molecule has 0 bridgehead atoms. The Morgan fingerprint density at radius 3 is 2.56 bits per heavy atom. The Bertz CT molecular complexity index is 1510. The van der Waals surface area contributed by atoms with Gasteiger partial charge >= 0.3 is 0 Å². The fraction of sp³-hybridized carbons (Fsp3) is 0.269. The Balaban J connectivity index is 1.72. The van der Waals surface area contributed by atoms with Crippen LogP contribution in [0.4, 0.5) is 4.39 Å². The molecule has 4 aromatic rings. The number of aliphatic hydroxyl groups is 1. The third kappa shape index (κ3) is 5.12. The first-order chi connectivity index (χ1) is 17.0. The summed E-state index contributed by atoms with van der Waals surface area (Å²) in [6, 6.07) is 6.26. The van der Waals surface area contributed by atoms with E-state index in [0.29, 0.717) is 34.1 Å². The van der Waals surface area contributed by atoms with Crippen molar-refractivity contribution >= 4 is 11.6 Å². The molecule has 1 N–H and O–H groups in total. The highest BCUT2D eigenvalue weighted by Crippen LogP contribution is 2.31. The number of nitrogens with zero attached hydrogens (tertiary/aromatic N) is 5. The molecule has 0 radical (unpaired) electrons. The van der Waals surface area contributed by atoms with Crippen LogP contribution in [0.3, 0.4) is 0 Å². The van der Waals surface area contributed by atoms with Crippen LogP contribution in [0.2, 0.25) is 5.02 Å². The van der Waals surface area contributed by atoms with Gasteiger partial charge in [-0.2, -0.15) is 0 Å². The zero-order chi connectivity index (χ0) is 26.2. The van der Waals surface area contributed by atoms with E-state index >= 15 is 0 Å². The maximum atomic E-state index is 14.1. The maximum Gasteiger partial charge on any atom is 0.267 e. The summed E-state index contributed by atoms with van der Waals surface area (Å²) in [7, 11) is 0. The van der Waals surface area contributed by atoms with Crippen molar-refractivity contribution in [3.63, 3.8) is 0 Å². The molecular formula is C26H25ClFN5O3. The van der Waals surface area contributed by atoms with E-state index in [1.807, 2.05) is 0 Å². The minimum atomic E-state index is -1.27. The van der Waals surface area contributed by atoms with E-state index in [1.165, 1.54) is 23.0 Å². The second-order valence-electron chi connectivity index (χ2n) is 8.98. The highest BCUT2D eigenvalue weighted by molar-refractivity contribution is 6.32. The quantitative estimate of drug-likeness (QED) is 0.405. The number of halogens is 2. The van der Waals surface area contributed by atoms with Crippen LogP contribution in [0, 0.1) is 26.6 Å². The lowest BCUT2D eigenvalue weighted by molar-refractivity contribution is 0.0688. The molecule has 0 aliphatic heterocycles. The molecule has 0 spiro atoms. The minimum absolute atomic E-state index is 0.0993. The van der Waals surface area contributed by atoms with Crippen LogP contribution in [0.5, 0.6) is 5.75 Å². The molecule has 1 aromatic carbocycles. The molecule has 0 saturated heterocycles. The van der Waals surface area contributed by atoms with Gasteiger partial charge in [-0.3, -0.25) is 14.3 Å². The Labute approximate surface area is 212 Å². The number of aryl methyl sites for hydroxylation is 3. The first-order valence-corrected chi connectivity index (χ1v) is 11.5. The van der Waals surface area contributed by atoms with Crippen molar-refractivity contribution < 1.29 is 14.2 Å². The SMILES string of the molecule is Cc1cnc(COc2cc(C)c(-n3c(C)ncc(-c4ccnc(C(C)(C)O)n4)c3=O)cc2Cl)c(F)c1. The molecule has 8 nitrogen and oxygen atoms in total. The van der Waals surface area contributed by atoms with Crippen LogP contribution in [0.15, 0.2) is 47.7 Å². The molecule has 3 aromatic heterocycles. The van der Waals surface area contributed by atoms with E-state index in [4.69, 9.17) is 16.3 Å². The van der Waals surface area contributed by atoms with Gasteiger partial charge in [0.25, 0.3) is 5.56 Å². The van der Waals surface area contributed by atoms with Gasteiger partial charge in [0.1, 0.15) is 35.3 Å². The zero-order valence-electron chi connectivity index (χ0n) is 20.5. The molecule has 0 fully saturated rings. The molecule has 0 saturated carbocycles. The summed E-state index contributed by atoms with van der Waals surface area (Å²) >= 11 is 6.49. The van der Waals surface area contributed by atoms with Gasteiger partial charge in [-0.1, -0.05) is 11.6 Å². The van der Waals surface area contributed by atoms with E-state index in [9.17, 15) is 14.3 Å². The van der Waals surface area contributed by atoms with Gasteiger partial charge in [0.05, 0.1) is 22.0 Å². The van der Waals surface area contributed by atoms with Gasteiger partial charge in [0.2, 0.25) is 0 Å². The molecule has 0 atom stereocenters. The second-order valence-corrected chi connectivity index (χ2v) is 9.39. The first-order valence-electron chi connectivity index (χ1n) is 11.1. The summed E-state index contributed by atoms with van der Waals surface area (Å²) in [5.41, 5.74) is 1.03. The van der Waals surface area contributed by atoms with Crippen molar-refractivity contribution in [3.05, 3.63) is 92.5 Å². The highest BCUT2D eigenvalue weighted by Gasteiger charge is 2.22. The molecule has 10 heteroatoms. The average molecular weight is 510 g/mol. The summed E-state index contributed by atoms with van der Waals surface area (Å²) in [5, 5.41) is 10.5. The number of hydrogen-bond donors (Lipinski definition) is 1. The predicted octanol–water partition coefficient (Wildman–Crippen LogP) is 4.61. The fourth-order valence-electron chi connectivity index (χ4n) is 3.61. The van der Waals surface area contributed by atoms with Crippen molar-refractivity contribution in [3.8, 4) is 22.7 Å². The van der Waals surface area contributed by atoms with Gasteiger partial charge in [-0.25, -0.2) is 19.3 Å². The first kappa shape index (κ1) is 25.4. The third-order valence-electron chi connectivity index (χ3n) is 5.53. The van der Waals surface area contributed by atoms with Crippen molar-refractivity contribution in [1.29, 1.82) is 0 Å². The molecule has 3 heterocycles. The Morgan fingerprint density at radius 2 is 1.86 bits per heavy atom. The van der Waals surface area contributed by atoms with Gasteiger partial charge in [-0.05, 0) is 70.0 Å². The molecule has 4 rings (SSSR count). The van der Waals surface area contributed by atoms with Crippen LogP contribution in [-0.2, 0) is 12.2 Å². The molecule has 0 amide bonds. The predicted molar refractivity (Wildman–Crippen MR) is 134 cm³/mol. The van der Waals surface area contributed by atoms with Crippen LogP contribution < -0.4 is 10.3 Å². The smallest absolute Gasteiger partial charge is 0.267 e. The van der Waals surface area contributed by atoms with Gasteiger partial charge < -0.3 is 9.84 Å². The van der Waals surface area contributed by atoms with Crippen molar-refractivity contribution in [2.75, 3.05) is 0 Å². The number of benzene rings is 1. The summed E-state index contributed by atoms with van der Waals surface area (Å²) in [5.74, 6) is 0.508. The summed E-state index contributed by atoms with van der Waals surface area (Å²) in [4.78, 5) is 30.5. The molecule has 36 heavy (non-hydrogen) atoms. The number of rotatable bonds is 6. The maximum absolute atomic E-state index is 14.1. The standard InChI is InChI=1S/C26H25ClFN5O3/c1-14-8-19(28)21(31-11-14)13-36-23-9-15(2)22(10-18(23)27)33-16(3)30-12-17(24(33)34)20-6-7-29-25(32-20)26(4,5)35/h6-12,35H,13H2,1-5H3. The average Bonchev–Trinajstić information content (AvgIpc) is 2.80. The van der Waals surface area contributed by atoms with Crippen molar-refractivity contribution in [2.24, 2.45) is 0 Å². The van der Waals surface area contributed by atoms with Gasteiger partial charge in [-0.15, -0.1) is 0 Å². The number of hydrogen-bond acceptors (Lipinski definition) is 7. The summed E-state index contributed by atoms with van der Waals surface area (Å²) in [6.45, 7) is 8.30. The second kappa shape index (κ2) is 9.75. The van der Waals surface area contributed by atoms with E-state index < -0.39 is 11.4 Å².